The van der Waals surface area contributed by atoms with Crippen LogP contribution in [0.2, 0.25) is 0 Å². The van der Waals surface area contributed by atoms with Gasteiger partial charge in [0.05, 0.1) is 0 Å². The maximum absolute atomic E-state index is 5.59. The summed E-state index contributed by atoms with van der Waals surface area (Å²) in [6, 6.07) is 19.3. The van der Waals surface area contributed by atoms with Crippen molar-refractivity contribution >= 4 is 0 Å². The molecule has 0 saturated heterocycles. The van der Waals surface area contributed by atoms with Crippen LogP contribution in [0.5, 0.6) is 0 Å². The molecule has 0 aliphatic carbocycles. The summed E-state index contributed by atoms with van der Waals surface area (Å²) in [7, 11) is 0. The van der Waals surface area contributed by atoms with Gasteiger partial charge >= 0.3 is 0 Å². The molecule has 2 aromatic rings. The van der Waals surface area contributed by atoms with Crippen molar-refractivity contribution in [3.8, 4) is 0 Å². The second kappa shape index (κ2) is 6.79. The predicted molar refractivity (Wildman–Crippen MR) is 82.0 cm³/mol. The Hall–Kier alpha value is -2.02. The number of benzene rings is 2. The molecule has 2 aromatic carbocycles. The van der Waals surface area contributed by atoms with Crippen LogP contribution >= 0.6 is 0 Å². The lowest BCUT2D eigenvalue weighted by molar-refractivity contribution is 0.734. The molecule has 0 amide bonds. The number of nitrogens with two attached hydrogens (primary N) is 1. The zero-order chi connectivity index (χ0) is 13.5. The van der Waals surface area contributed by atoms with Gasteiger partial charge in [-0.1, -0.05) is 66.2 Å². The fourth-order valence-electron chi connectivity index (χ4n) is 2.29. The lowest BCUT2D eigenvalue weighted by atomic mass is 9.92. The van der Waals surface area contributed by atoms with Gasteiger partial charge in [-0.2, -0.15) is 0 Å². The number of aryl methyl sites for hydroxylation is 2. The van der Waals surface area contributed by atoms with Crippen LogP contribution < -0.4 is 5.73 Å². The lowest BCUT2D eigenvalue weighted by Crippen LogP contribution is -1.99. The van der Waals surface area contributed by atoms with Crippen LogP contribution in [-0.2, 0) is 6.42 Å². The normalized spacial score (nSPS) is 12.7. The summed E-state index contributed by atoms with van der Waals surface area (Å²) in [4.78, 5) is 0. The van der Waals surface area contributed by atoms with Crippen molar-refractivity contribution in [3.63, 3.8) is 0 Å². The molecule has 0 heterocycles. The Labute approximate surface area is 115 Å². The highest BCUT2D eigenvalue weighted by atomic mass is 14.5. The number of rotatable bonds is 5. The molecule has 19 heavy (non-hydrogen) atoms. The fourth-order valence-corrected chi connectivity index (χ4v) is 2.29. The monoisotopic (exact) mass is 251 g/mol. The quantitative estimate of drug-likeness (QED) is 0.847. The Morgan fingerprint density at radius 1 is 1.00 bits per heavy atom. The highest BCUT2D eigenvalue weighted by Crippen LogP contribution is 2.23. The molecule has 0 spiro atoms. The van der Waals surface area contributed by atoms with E-state index in [0.29, 0.717) is 5.92 Å². The summed E-state index contributed by atoms with van der Waals surface area (Å²) in [6.07, 6.45) is 5.91. The van der Waals surface area contributed by atoms with Gasteiger partial charge in [-0.05, 0) is 37.1 Å². The van der Waals surface area contributed by atoms with Crippen LogP contribution in [0.3, 0.4) is 0 Å². The summed E-state index contributed by atoms with van der Waals surface area (Å²) >= 11 is 0. The minimum Gasteiger partial charge on any atom is -0.405 e. The van der Waals surface area contributed by atoms with Gasteiger partial charge in [0.1, 0.15) is 0 Å². The second-order valence-corrected chi connectivity index (χ2v) is 4.93. The van der Waals surface area contributed by atoms with Gasteiger partial charge < -0.3 is 5.73 Å². The maximum atomic E-state index is 5.59. The van der Waals surface area contributed by atoms with E-state index < -0.39 is 0 Å². The fraction of sp³-hybridized carbons (Fsp3) is 0.222. The van der Waals surface area contributed by atoms with Gasteiger partial charge in [0.15, 0.2) is 0 Å². The van der Waals surface area contributed by atoms with Crippen LogP contribution in [-0.4, -0.2) is 0 Å². The summed E-state index contributed by atoms with van der Waals surface area (Å²) < 4.78 is 0. The van der Waals surface area contributed by atoms with Crippen molar-refractivity contribution in [3.05, 3.63) is 83.6 Å². The third-order valence-corrected chi connectivity index (χ3v) is 3.44. The molecule has 1 nitrogen and oxygen atoms in total. The smallest absolute Gasteiger partial charge is 0.00382 e. The van der Waals surface area contributed by atoms with Crippen molar-refractivity contribution in [2.24, 2.45) is 5.73 Å². The van der Waals surface area contributed by atoms with Crippen molar-refractivity contribution in [2.75, 3.05) is 0 Å². The Kier molecular flexibility index (Phi) is 4.79. The maximum Gasteiger partial charge on any atom is 0.00382 e. The predicted octanol–water partition coefficient (Wildman–Crippen LogP) is 4.18. The van der Waals surface area contributed by atoms with Crippen LogP contribution in [0.1, 0.15) is 29.0 Å². The molecule has 1 atom stereocenters. The standard InChI is InChI=1S/C18H21N/c1-15-7-10-17(11-8-15)18(13-14-19)12-9-16-5-3-2-4-6-16/h2-8,10-11,13-14,18H,9,12,19H2,1H3/b14-13-. The van der Waals surface area contributed by atoms with E-state index in [-0.39, 0.29) is 0 Å². The number of hydrogen-bond donors (Lipinski definition) is 1. The van der Waals surface area contributed by atoms with E-state index in [1.165, 1.54) is 16.7 Å². The average Bonchev–Trinajstić information content (AvgIpc) is 2.46. The van der Waals surface area contributed by atoms with Crippen molar-refractivity contribution in [1.82, 2.24) is 0 Å². The molecule has 0 aliphatic heterocycles. The second-order valence-electron chi connectivity index (χ2n) is 4.93. The third kappa shape index (κ3) is 3.99. The van der Waals surface area contributed by atoms with Gasteiger partial charge in [0.2, 0.25) is 0 Å². The molecule has 0 bridgehead atoms. The molecule has 0 saturated carbocycles. The molecule has 0 fully saturated rings. The van der Waals surface area contributed by atoms with Crippen LogP contribution in [0, 0.1) is 6.92 Å². The summed E-state index contributed by atoms with van der Waals surface area (Å²) in [6.45, 7) is 2.11. The molecule has 1 heteroatoms. The summed E-state index contributed by atoms with van der Waals surface area (Å²) in [5.74, 6) is 0.394. The Balaban J connectivity index is 2.06. The van der Waals surface area contributed by atoms with E-state index in [4.69, 9.17) is 5.73 Å². The molecule has 1 unspecified atom stereocenters. The molecule has 0 aliphatic rings. The van der Waals surface area contributed by atoms with E-state index in [0.717, 1.165) is 12.8 Å². The first-order valence-corrected chi connectivity index (χ1v) is 6.78. The zero-order valence-electron chi connectivity index (χ0n) is 11.4. The van der Waals surface area contributed by atoms with E-state index >= 15 is 0 Å². The highest BCUT2D eigenvalue weighted by Gasteiger charge is 2.08. The van der Waals surface area contributed by atoms with Gasteiger partial charge in [0, 0.05) is 5.92 Å². The van der Waals surface area contributed by atoms with Gasteiger partial charge in [-0.3, -0.25) is 0 Å². The molecule has 0 aromatic heterocycles. The van der Waals surface area contributed by atoms with E-state index in [1.807, 2.05) is 0 Å². The molecule has 0 radical (unpaired) electrons. The van der Waals surface area contributed by atoms with Gasteiger partial charge in [0.25, 0.3) is 0 Å². The minimum atomic E-state index is 0.394. The number of hydrogen-bond acceptors (Lipinski definition) is 1. The zero-order valence-corrected chi connectivity index (χ0v) is 11.4. The first kappa shape index (κ1) is 13.4. The molecule has 98 valence electrons. The average molecular weight is 251 g/mol. The largest absolute Gasteiger partial charge is 0.405 e. The SMILES string of the molecule is Cc1ccc(C(/C=C\N)CCc2ccccc2)cc1. The lowest BCUT2D eigenvalue weighted by Gasteiger charge is -2.13. The highest BCUT2D eigenvalue weighted by molar-refractivity contribution is 5.28. The topological polar surface area (TPSA) is 26.0 Å². The Morgan fingerprint density at radius 3 is 2.32 bits per heavy atom. The van der Waals surface area contributed by atoms with Crippen molar-refractivity contribution < 1.29 is 0 Å². The third-order valence-electron chi connectivity index (χ3n) is 3.44. The first-order chi connectivity index (χ1) is 9.29. The summed E-state index contributed by atoms with van der Waals surface area (Å²) in [5, 5.41) is 0. The van der Waals surface area contributed by atoms with E-state index in [2.05, 4.69) is 67.6 Å². The van der Waals surface area contributed by atoms with Crippen LogP contribution in [0.4, 0.5) is 0 Å². The van der Waals surface area contributed by atoms with Crippen molar-refractivity contribution in [2.45, 2.75) is 25.7 Å². The Bertz CT molecular complexity index is 511. The van der Waals surface area contributed by atoms with Crippen molar-refractivity contribution in [1.29, 1.82) is 0 Å². The molecule has 2 rings (SSSR count). The molecular formula is C18H21N. The Morgan fingerprint density at radius 2 is 1.68 bits per heavy atom. The van der Waals surface area contributed by atoms with Crippen LogP contribution in [0.25, 0.3) is 0 Å². The first-order valence-electron chi connectivity index (χ1n) is 6.78. The molecule has 2 N–H and O–H groups in total. The minimum absolute atomic E-state index is 0.394. The molecular weight excluding hydrogens is 230 g/mol. The van der Waals surface area contributed by atoms with Crippen LogP contribution in [0.15, 0.2) is 66.9 Å². The number of allylic oxidation sites excluding steroid dienone is 1. The van der Waals surface area contributed by atoms with E-state index in [1.54, 1.807) is 6.20 Å². The summed E-state index contributed by atoms with van der Waals surface area (Å²) in [5.41, 5.74) is 9.59. The van der Waals surface area contributed by atoms with Gasteiger partial charge in [-0.25, -0.2) is 0 Å². The van der Waals surface area contributed by atoms with Gasteiger partial charge in [-0.15, -0.1) is 0 Å². The van der Waals surface area contributed by atoms with E-state index in [9.17, 15) is 0 Å².